The zero-order valence-corrected chi connectivity index (χ0v) is 11.7. The molecule has 1 aromatic rings. The molecule has 1 rings (SSSR count). The highest BCUT2D eigenvalue weighted by Gasteiger charge is 2.14. The molecule has 6 nitrogen and oxygen atoms in total. The summed E-state index contributed by atoms with van der Waals surface area (Å²) in [6.45, 7) is 0. The lowest BCUT2D eigenvalue weighted by molar-refractivity contribution is 0.0596. The third kappa shape index (κ3) is 4.53. The van der Waals surface area contributed by atoms with Gasteiger partial charge in [0.2, 0.25) is 0 Å². The molecule has 0 saturated heterocycles. The number of hydrogen-bond acceptors (Lipinski definition) is 7. The van der Waals surface area contributed by atoms with Gasteiger partial charge in [-0.2, -0.15) is 0 Å². The van der Waals surface area contributed by atoms with Gasteiger partial charge in [-0.3, -0.25) is 0 Å². The fourth-order valence-corrected chi connectivity index (χ4v) is 3.34. The Morgan fingerprint density at radius 2 is 2.22 bits per heavy atom. The van der Waals surface area contributed by atoms with Crippen LogP contribution in [0.25, 0.3) is 0 Å². The topological polar surface area (TPSA) is 99.3 Å². The minimum atomic E-state index is -3.02. The maximum absolute atomic E-state index is 11.5. The van der Waals surface area contributed by atoms with Crippen LogP contribution in [0.1, 0.15) is 10.4 Å². The predicted molar refractivity (Wildman–Crippen MR) is 70.4 cm³/mol. The monoisotopic (exact) mass is 290 g/mol. The third-order valence-electron chi connectivity index (χ3n) is 2.01. The summed E-state index contributed by atoms with van der Waals surface area (Å²) in [4.78, 5) is 15.9. The Hall–Kier alpha value is -1.28. The summed E-state index contributed by atoms with van der Waals surface area (Å²) in [6, 6.07) is 1.41. The Labute approximate surface area is 110 Å². The number of carbonyl (C=O) groups excluding carboxylic acids is 1. The molecule has 100 valence electrons. The van der Waals surface area contributed by atoms with Crippen LogP contribution in [0.15, 0.2) is 17.2 Å². The summed E-state index contributed by atoms with van der Waals surface area (Å²) in [5, 5.41) is 0. The number of pyridine rings is 1. The van der Waals surface area contributed by atoms with Crippen LogP contribution in [-0.4, -0.2) is 44.2 Å². The Balaban J connectivity index is 2.85. The molecule has 0 unspecified atom stereocenters. The SMILES string of the molecule is COC(=O)c1cc(N)ncc1SCCS(C)(=O)=O. The minimum absolute atomic E-state index is 0.0304. The van der Waals surface area contributed by atoms with Gasteiger partial charge < -0.3 is 10.5 Å². The number of sulfone groups is 1. The lowest BCUT2D eigenvalue weighted by atomic mass is 10.2. The van der Waals surface area contributed by atoms with E-state index >= 15 is 0 Å². The van der Waals surface area contributed by atoms with Crippen LogP contribution in [0, 0.1) is 0 Å². The Morgan fingerprint density at radius 3 is 2.78 bits per heavy atom. The molecule has 0 aliphatic rings. The fourth-order valence-electron chi connectivity index (χ4n) is 1.15. The van der Waals surface area contributed by atoms with E-state index in [4.69, 9.17) is 5.73 Å². The number of esters is 1. The number of aromatic nitrogens is 1. The van der Waals surface area contributed by atoms with Crippen molar-refractivity contribution in [3.05, 3.63) is 17.8 Å². The average molecular weight is 290 g/mol. The summed E-state index contributed by atoms with van der Waals surface area (Å²) in [7, 11) is -1.76. The van der Waals surface area contributed by atoms with Crippen LogP contribution in [0.2, 0.25) is 0 Å². The first-order chi connectivity index (χ1) is 8.33. The van der Waals surface area contributed by atoms with Gasteiger partial charge >= 0.3 is 5.97 Å². The van der Waals surface area contributed by atoms with E-state index in [1.165, 1.54) is 31.1 Å². The predicted octanol–water partition coefficient (Wildman–Crippen LogP) is 0.587. The van der Waals surface area contributed by atoms with Gasteiger partial charge in [0.1, 0.15) is 15.7 Å². The molecule has 0 aromatic carbocycles. The molecule has 0 atom stereocenters. The molecule has 0 bridgehead atoms. The van der Waals surface area contributed by atoms with Gasteiger partial charge in [0.25, 0.3) is 0 Å². The largest absolute Gasteiger partial charge is 0.465 e. The second kappa shape index (κ2) is 6.05. The van der Waals surface area contributed by atoms with E-state index in [0.29, 0.717) is 16.2 Å². The number of rotatable bonds is 5. The Kier molecular flexibility index (Phi) is 4.97. The van der Waals surface area contributed by atoms with Crippen LogP contribution in [0.4, 0.5) is 5.82 Å². The van der Waals surface area contributed by atoms with Gasteiger partial charge in [-0.05, 0) is 6.07 Å². The van der Waals surface area contributed by atoms with Crippen LogP contribution in [0.3, 0.4) is 0 Å². The summed E-state index contributed by atoms with van der Waals surface area (Å²) in [5.41, 5.74) is 5.79. The van der Waals surface area contributed by atoms with E-state index in [1.807, 2.05) is 0 Å². The van der Waals surface area contributed by atoms with Crippen molar-refractivity contribution in [3.8, 4) is 0 Å². The van der Waals surface area contributed by atoms with Crippen molar-refractivity contribution < 1.29 is 17.9 Å². The highest BCUT2D eigenvalue weighted by molar-refractivity contribution is 8.00. The molecule has 0 fully saturated rings. The molecule has 0 aliphatic carbocycles. The number of nitrogens with two attached hydrogens (primary N) is 1. The number of carbonyl (C=O) groups is 1. The molecular formula is C10H14N2O4S2. The van der Waals surface area contributed by atoms with Gasteiger partial charge in [-0.25, -0.2) is 18.2 Å². The highest BCUT2D eigenvalue weighted by atomic mass is 32.2. The van der Waals surface area contributed by atoms with E-state index in [1.54, 1.807) is 0 Å². The molecule has 0 radical (unpaired) electrons. The zero-order chi connectivity index (χ0) is 13.8. The fraction of sp³-hybridized carbons (Fsp3) is 0.400. The molecule has 0 saturated carbocycles. The second-order valence-electron chi connectivity index (χ2n) is 3.58. The zero-order valence-electron chi connectivity index (χ0n) is 10.0. The summed E-state index contributed by atoms with van der Waals surface area (Å²) >= 11 is 1.23. The van der Waals surface area contributed by atoms with Crippen LogP contribution < -0.4 is 5.73 Å². The van der Waals surface area contributed by atoms with Crippen molar-refractivity contribution in [2.45, 2.75) is 4.90 Å². The van der Waals surface area contributed by atoms with E-state index < -0.39 is 15.8 Å². The molecule has 1 aromatic heterocycles. The number of thioether (sulfide) groups is 1. The van der Waals surface area contributed by atoms with Gasteiger partial charge in [-0.1, -0.05) is 0 Å². The summed E-state index contributed by atoms with van der Waals surface area (Å²) in [6.07, 6.45) is 2.60. The van der Waals surface area contributed by atoms with Crippen molar-refractivity contribution >= 4 is 33.4 Å². The first-order valence-electron chi connectivity index (χ1n) is 4.98. The van der Waals surface area contributed by atoms with Crippen molar-refractivity contribution in [1.29, 1.82) is 0 Å². The van der Waals surface area contributed by atoms with Crippen molar-refractivity contribution in [2.24, 2.45) is 0 Å². The lowest BCUT2D eigenvalue weighted by Gasteiger charge is -2.07. The molecule has 8 heteroatoms. The standard InChI is InChI=1S/C10H14N2O4S2/c1-16-10(13)7-5-9(11)12-6-8(7)17-3-4-18(2,14)15/h5-6H,3-4H2,1-2H3,(H2,11,12). The van der Waals surface area contributed by atoms with Gasteiger partial charge in [0.05, 0.1) is 18.4 Å². The van der Waals surface area contributed by atoms with Crippen molar-refractivity contribution in [1.82, 2.24) is 4.98 Å². The maximum Gasteiger partial charge on any atom is 0.339 e. The van der Waals surface area contributed by atoms with E-state index in [2.05, 4.69) is 9.72 Å². The number of nitrogen functional groups attached to an aromatic ring is 1. The van der Waals surface area contributed by atoms with Crippen LogP contribution >= 0.6 is 11.8 Å². The third-order valence-corrected chi connectivity index (χ3v) is 4.25. The molecule has 0 spiro atoms. The molecule has 1 heterocycles. The van der Waals surface area contributed by atoms with Crippen LogP contribution in [0.5, 0.6) is 0 Å². The maximum atomic E-state index is 11.5. The molecule has 0 aliphatic heterocycles. The minimum Gasteiger partial charge on any atom is -0.465 e. The Morgan fingerprint density at radius 1 is 1.56 bits per heavy atom. The van der Waals surface area contributed by atoms with E-state index in [0.717, 1.165) is 6.26 Å². The number of nitrogens with zero attached hydrogens (tertiary/aromatic N) is 1. The number of hydrogen-bond donors (Lipinski definition) is 1. The molecular weight excluding hydrogens is 276 g/mol. The molecule has 18 heavy (non-hydrogen) atoms. The second-order valence-corrected chi connectivity index (χ2v) is 6.97. The quantitative estimate of drug-likeness (QED) is 0.625. The Bertz CT molecular complexity index is 543. The molecule has 2 N–H and O–H groups in total. The average Bonchev–Trinajstić information content (AvgIpc) is 2.28. The summed E-state index contributed by atoms with van der Waals surface area (Å²) in [5.74, 6) is 0.0608. The molecule has 0 amide bonds. The number of ether oxygens (including phenoxy) is 1. The van der Waals surface area contributed by atoms with Gasteiger partial charge in [0.15, 0.2) is 0 Å². The van der Waals surface area contributed by atoms with Gasteiger partial charge in [-0.15, -0.1) is 11.8 Å². The number of methoxy groups -OCH3 is 1. The summed E-state index contributed by atoms with van der Waals surface area (Å²) < 4.78 is 26.6. The normalized spacial score (nSPS) is 11.2. The first-order valence-corrected chi connectivity index (χ1v) is 8.02. The van der Waals surface area contributed by atoms with Crippen LogP contribution in [-0.2, 0) is 14.6 Å². The lowest BCUT2D eigenvalue weighted by Crippen LogP contribution is -2.08. The first kappa shape index (κ1) is 14.8. The van der Waals surface area contributed by atoms with Crippen molar-refractivity contribution in [3.63, 3.8) is 0 Å². The smallest absolute Gasteiger partial charge is 0.339 e. The number of anilines is 1. The highest BCUT2D eigenvalue weighted by Crippen LogP contribution is 2.24. The van der Waals surface area contributed by atoms with E-state index in [-0.39, 0.29) is 11.6 Å². The van der Waals surface area contributed by atoms with Crippen molar-refractivity contribution in [2.75, 3.05) is 30.6 Å². The van der Waals surface area contributed by atoms with Gasteiger partial charge in [0, 0.05) is 23.1 Å². The van der Waals surface area contributed by atoms with E-state index in [9.17, 15) is 13.2 Å².